The van der Waals surface area contributed by atoms with E-state index in [-0.39, 0.29) is 47.1 Å². The van der Waals surface area contributed by atoms with Crippen molar-refractivity contribution in [2.75, 3.05) is 6.54 Å². The second-order valence-electron chi connectivity index (χ2n) is 7.72. The Bertz CT molecular complexity index is 1320. The van der Waals surface area contributed by atoms with E-state index in [1.807, 2.05) is 36.4 Å². The summed E-state index contributed by atoms with van der Waals surface area (Å²) in [5.41, 5.74) is 2.47. The lowest BCUT2D eigenvalue weighted by Gasteiger charge is -2.14. The zero-order valence-electron chi connectivity index (χ0n) is 17.9. The summed E-state index contributed by atoms with van der Waals surface area (Å²) in [6, 6.07) is 21.5. The van der Waals surface area contributed by atoms with E-state index in [1.54, 1.807) is 24.3 Å². The van der Waals surface area contributed by atoms with Gasteiger partial charge in [-0.1, -0.05) is 60.1 Å². The van der Waals surface area contributed by atoms with E-state index in [1.165, 1.54) is 16.7 Å². The van der Waals surface area contributed by atoms with Crippen LogP contribution in [0, 0.1) is 5.82 Å². The van der Waals surface area contributed by atoms with Gasteiger partial charge in [-0.15, -0.1) is 0 Å². The molecule has 1 aromatic heterocycles. The molecule has 1 amide bonds. The van der Waals surface area contributed by atoms with Crippen LogP contribution < -0.4 is 10.9 Å². The molecule has 0 saturated carbocycles. The molecular weight excluding hydrogens is 441 g/mol. The average Bonchev–Trinajstić information content (AvgIpc) is 2.82. The molecule has 0 radical (unpaired) electrons. The molecule has 1 heterocycles. The van der Waals surface area contributed by atoms with Gasteiger partial charge in [0.25, 0.3) is 5.56 Å². The number of aryl methyl sites for hydroxylation is 1. The minimum Gasteiger partial charge on any atom is -0.356 e. The van der Waals surface area contributed by atoms with Crippen LogP contribution in [-0.2, 0) is 24.2 Å². The predicted molar refractivity (Wildman–Crippen MR) is 128 cm³/mol. The van der Waals surface area contributed by atoms with Gasteiger partial charge < -0.3 is 9.88 Å². The third-order valence-electron chi connectivity index (χ3n) is 5.47. The Kier molecular flexibility index (Phi) is 7.15. The van der Waals surface area contributed by atoms with Gasteiger partial charge in [-0.3, -0.25) is 9.59 Å². The van der Waals surface area contributed by atoms with Gasteiger partial charge in [0.2, 0.25) is 5.91 Å². The van der Waals surface area contributed by atoms with Crippen molar-refractivity contribution in [3.63, 3.8) is 0 Å². The third-order valence-corrected chi connectivity index (χ3v) is 5.82. The number of para-hydroxylation sites is 2. The summed E-state index contributed by atoms with van der Waals surface area (Å²) >= 11 is 6.19. The molecule has 3 aromatic carbocycles. The van der Waals surface area contributed by atoms with Crippen LogP contribution in [0.4, 0.5) is 4.39 Å². The number of nitrogens with one attached hydrogen (secondary N) is 1. The van der Waals surface area contributed by atoms with E-state index < -0.39 is 5.82 Å². The highest BCUT2D eigenvalue weighted by molar-refractivity contribution is 6.31. The van der Waals surface area contributed by atoms with Gasteiger partial charge in [0, 0.05) is 30.0 Å². The molecule has 0 aliphatic heterocycles. The first-order chi connectivity index (χ1) is 16.0. The van der Waals surface area contributed by atoms with Crippen molar-refractivity contribution in [2.24, 2.45) is 0 Å². The first kappa shape index (κ1) is 22.7. The second kappa shape index (κ2) is 10.4. The molecule has 7 heteroatoms. The van der Waals surface area contributed by atoms with Crippen molar-refractivity contribution in [3.05, 3.63) is 111 Å². The fourth-order valence-electron chi connectivity index (χ4n) is 3.72. The maximum atomic E-state index is 14.4. The number of amides is 1. The first-order valence-corrected chi connectivity index (χ1v) is 11.1. The van der Waals surface area contributed by atoms with Crippen molar-refractivity contribution in [2.45, 2.75) is 25.8 Å². The van der Waals surface area contributed by atoms with E-state index in [9.17, 15) is 14.0 Å². The number of benzene rings is 3. The highest BCUT2D eigenvalue weighted by atomic mass is 35.5. The highest BCUT2D eigenvalue weighted by Gasteiger charge is 2.15. The quantitative estimate of drug-likeness (QED) is 0.417. The Hall–Kier alpha value is -3.51. The Labute approximate surface area is 195 Å². The monoisotopic (exact) mass is 463 g/mol. The van der Waals surface area contributed by atoms with Gasteiger partial charge >= 0.3 is 0 Å². The molecule has 0 spiro atoms. The first-order valence-electron chi connectivity index (χ1n) is 10.7. The molecule has 1 N–H and O–H groups in total. The van der Waals surface area contributed by atoms with Gasteiger partial charge in [-0.25, -0.2) is 9.37 Å². The van der Waals surface area contributed by atoms with Crippen molar-refractivity contribution >= 4 is 28.5 Å². The molecule has 0 aliphatic carbocycles. The van der Waals surface area contributed by atoms with E-state index in [0.717, 1.165) is 12.0 Å². The fraction of sp³-hybridized carbons (Fsp3) is 0.192. The number of rotatable bonds is 8. The summed E-state index contributed by atoms with van der Waals surface area (Å²) < 4.78 is 15.9. The van der Waals surface area contributed by atoms with Crippen molar-refractivity contribution in [3.8, 4) is 0 Å². The van der Waals surface area contributed by atoms with Gasteiger partial charge in [0.05, 0.1) is 17.6 Å². The van der Waals surface area contributed by atoms with Crippen LogP contribution in [0.15, 0.2) is 77.6 Å². The largest absolute Gasteiger partial charge is 0.356 e. The standard InChI is InChI=1S/C26H23ClFN3O2/c27-20-9-6-10-21(28)19(20)17-31-24-12-5-4-11-22(24)30-23(26(31)33)13-14-25(32)29-16-15-18-7-2-1-3-8-18/h1-12H,13-17H2,(H,29,32). The molecule has 0 aliphatic rings. The minimum absolute atomic E-state index is 0.0242. The summed E-state index contributed by atoms with van der Waals surface area (Å²) in [4.78, 5) is 30.0. The zero-order chi connectivity index (χ0) is 23.2. The number of hydrogen-bond acceptors (Lipinski definition) is 3. The smallest absolute Gasteiger partial charge is 0.273 e. The summed E-state index contributed by atoms with van der Waals surface area (Å²) in [5.74, 6) is -0.626. The fourth-order valence-corrected chi connectivity index (χ4v) is 3.94. The summed E-state index contributed by atoms with van der Waals surface area (Å²) in [5, 5.41) is 3.14. The Morgan fingerprint density at radius 2 is 1.73 bits per heavy atom. The van der Waals surface area contributed by atoms with Crippen LogP contribution in [0.5, 0.6) is 0 Å². The third kappa shape index (κ3) is 5.46. The minimum atomic E-state index is -0.477. The average molecular weight is 464 g/mol. The van der Waals surface area contributed by atoms with Crippen molar-refractivity contribution in [1.29, 1.82) is 0 Å². The van der Waals surface area contributed by atoms with Gasteiger partial charge in [0.1, 0.15) is 11.5 Å². The Morgan fingerprint density at radius 3 is 2.52 bits per heavy atom. The van der Waals surface area contributed by atoms with Crippen LogP contribution in [0.25, 0.3) is 11.0 Å². The molecule has 4 aromatic rings. The SMILES string of the molecule is O=C(CCc1nc2ccccc2n(Cc2c(F)cccc2Cl)c1=O)NCCc1ccccc1. The molecule has 168 valence electrons. The topological polar surface area (TPSA) is 64.0 Å². The maximum Gasteiger partial charge on any atom is 0.273 e. The highest BCUT2D eigenvalue weighted by Crippen LogP contribution is 2.21. The molecule has 0 bridgehead atoms. The normalized spacial score (nSPS) is 11.0. The number of hydrogen-bond donors (Lipinski definition) is 1. The summed E-state index contributed by atoms with van der Waals surface area (Å²) in [7, 11) is 0. The van der Waals surface area contributed by atoms with Crippen LogP contribution in [0.3, 0.4) is 0 Å². The molecule has 33 heavy (non-hydrogen) atoms. The van der Waals surface area contributed by atoms with Crippen LogP contribution in [-0.4, -0.2) is 22.0 Å². The van der Waals surface area contributed by atoms with Crippen LogP contribution in [0.1, 0.15) is 23.2 Å². The van der Waals surface area contributed by atoms with Gasteiger partial charge in [0.15, 0.2) is 0 Å². The number of nitrogens with zero attached hydrogens (tertiary/aromatic N) is 2. The molecule has 5 nitrogen and oxygen atoms in total. The van der Waals surface area contributed by atoms with Crippen LogP contribution in [0.2, 0.25) is 5.02 Å². The van der Waals surface area contributed by atoms with Crippen molar-refractivity contribution in [1.82, 2.24) is 14.9 Å². The van der Waals surface area contributed by atoms with E-state index in [2.05, 4.69) is 10.3 Å². The summed E-state index contributed by atoms with van der Waals surface area (Å²) in [6.07, 6.45) is 1.05. The lowest BCUT2D eigenvalue weighted by molar-refractivity contribution is -0.121. The summed E-state index contributed by atoms with van der Waals surface area (Å²) in [6.45, 7) is 0.494. The van der Waals surface area contributed by atoms with E-state index >= 15 is 0 Å². The molecule has 0 fully saturated rings. The number of fused-ring (bicyclic) bond motifs is 1. The van der Waals surface area contributed by atoms with Gasteiger partial charge in [-0.2, -0.15) is 0 Å². The Balaban J connectivity index is 1.51. The second-order valence-corrected chi connectivity index (χ2v) is 8.13. The lowest BCUT2D eigenvalue weighted by atomic mass is 10.1. The molecule has 4 rings (SSSR count). The number of carbonyl (C=O) groups is 1. The van der Waals surface area contributed by atoms with E-state index in [0.29, 0.717) is 17.6 Å². The molecule has 0 saturated heterocycles. The number of carbonyl (C=O) groups excluding carboxylic acids is 1. The lowest BCUT2D eigenvalue weighted by Crippen LogP contribution is -2.29. The predicted octanol–water partition coefficient (Wildman–Crippen LogP) is 4.53. The molecule has 0 unspecified atom stereocenters. The number of halogens is 2. The molecular formula is C26H23ClFN3O2. The molecule has 0 atom stereocenters. The van der Waals surface area contributed by atoms with Gasteiger partial charge in [-0.05, 0) is 36.2 Å². The van der Waals surface area contributed by atoms with Crippen LogP contribution >= 0.6 is 11.6 Å². The number of aromatic nitrogens is 2. The van der Waals surface area contributed by atoms with Crippen molar-refractivity contribution < 1.29 is 9.18 Å². The zero-order valence-corrected chi connectivity index (χ0v) is 18.7. The van der Waals surface area contributed by atoms with E-state index in [4.69, 9.17) is 11.6 Å². The maximum absolute atomic E-state index is 14.4. The Morgan fingerprint density at radius 1 is 0.970 bits per heavy atom.